The summed E-state index contributed by atoms with van der Waals surface area (Å²) in [5.74, 6) is -0.136. The fourth-order valence-electron chi connectivity index (χ4n) is 1.83. The van der Waals surface area contributed by atoms with E-state index in [2.05, 4.69) is 5.32 Å². The lowest BCUT2D eigenvalue weighted by Gasteiger charge is -2.13. The standard InChI is InChI=1S/C16H13Cl2NO2S/c17-12-7-4-8-13(18)16(12)22-10-15(21)19-14(9-20)11-5-2-1-3-6-11/h1-9,14H,10H2,(H,19,21). The minimum absolute atomic E-state index is 0.126. The highest BCUT2D eigenvalue weighted by Crippen LogP contribution is 2.33. The van der Waals surface area contributed by atoms with Crippen molar-refractivity contribution in [3.63, 3.8) is 0 Å². The molecule has 0 aliphatic heterocycles. The van der Waals surface area contributed by atoms with E-state index in [1.807, 2.05) is 18.2 Å². The number of amides is 1. The Bertz CT molecular complexity index is 644. The van der Waals surface area contributed by atoms with Gasteiger partial charge >= 0.3 is 0 Å². The normalized spacial score (nSPS) is 11.7. The number of benzene rings is 2. The first kappa shape index (κ1) is 16.9. The van der Waals surface area contributed by atoms with Gasteiger partial charge in [0.15, 0.2) is 0 Å². The van der Waals surface area contributed by atoms with E-state index < -0.39 is 6.04 Å². The summed E-state index contributed by atoms with van der Waals surface area (Å²) in [7, 11) is 0. The maximum atomic E-state index is 12.0. The van der Waals surface area contributed by atoms with Crippen LogP contribution in [0.1, 0.15) is 11.6 Å². The van der Waals surface area contributed by atoms with Gasteiger partial charge in [0.25, 0.3) is 0 Å². The maximum absolute atomic E-state index is 12.0. The Morgan fingerprint density at radius 2 is 1.73 bits per heavy atom. The number of halogens is 2. The lowest BCUT2D eigenvalue weighted by Crippen LogP contribution is -2.30. The van der Waals surface area contributed by atoms with Gasteiger partial charge in [0.05, 0.1) is 15.8 Å². The summed E-state index contributed by atoms with van der Waals surface area (Å²) in [5, 5.41) is 3.68. The van der Waals surface area contributed by atoms with Crippen molar-refractivity contribution in [2.75, 3.05) is 5.75 Å². The second-order valence-electron chi connectivity index (χ2n) is 4.43. The summed E-state index contributed by atoms with van der Waals surface area (Å²) >= 11 is 13.3. The van der Waals surface area contributed by atoms with Gasteiger partial charge < -0.3 is 10.1 Å². The van der Waals surface area contributed by atoms with Gasteiger partial charge in [-0.15, -0.1) is 11.8 Å². The van der Waals surface area contributed by atoms with E-state index in [9.17, 15) is 9.59 Å². The van der Waals surface area contributed by atoms with Gasteiger partial charge in [0.2, 0.25) is 5.91 Å². The average Bonchev–Trinajstić information content (AvgIpc) is 2.53. The number of carbonyl (C=O) groups is 2. The van der Waals surface area contributed by atoms with Gasteiger partial charge in [-0.25, -0.2) is 0 Å². The number of carbonyl (C=O) groups excluding carboxylic acids is 2. The van der Waals surface area contributed by atoms with E-state index >= 15 is 0 Å². The maximum Gasteiger partial charge on any atom is 0.231 e. The second-order valence-corrected chi connectivity index (χ2v) is 6.23. The Morgan fingerprint density at radius 3 is 2.32 bits per heavy atom. The van der Waals surface area contributed by atoms with Crippen molar-refractivity contribution in [2.24, 2.45) is 0 Å². The fraction of sp³-hybridized carbons (Fsp3) is 0.125. The van der Waals surface area contributed by atoms with E-state index in [0.29, 0.717) is 21.2 Å². The van der Waals surface area contributed by atoms with Gasteiger partial charge in [0, 0.05) is 4.90 Å². The summed E-state index contributed by atoms with van der Waals surface area (Å²) in [6, 6.07) is 13.6. The van der Waals surface area contributed by atoms with E-state index in [4.69, 9.17) is 23.2 Å². The van der Waals surface area contributed by atoms with Crippen LogP contribution in [0.3, 0.4) is 0 Å². The first-order valence-electron chi connectivity index (χ1n) is 6.48. The van der Waals surface area contributed by atoms with Crippen LogP contribution in [0.5, 0.6) is 0 Å². The van der Waals surface area contributed by atoms with Crippen molar-refractivity contribution < 1.29 is 9.59 Å². The molecule has 3 nitrogen and oxygen atoms in total. The highest BCUT2D eigenvalue weighted by molar-refractivity contribution is 8.00. The SMILES string of the molecule is O=CC(NC(=O)CSc1c(Cl)cccc1Cl)c1ccccc1. The Morgan fingerprint density at radius 1 is 1.09 bits per heavy atom. The molecule has 0 aliphatic rings. The molecule has 0 spiro atoms. The van der Waals surface area contributed by atoms with Crippen molar-refractivity contribution in [1.29, 1.82) is 0 Å². The molecule has 0 saturated carbocycles. The van der Waals surface area contributed by atoms with Crippen molar-refractivity contribution in [3.05, 3.63) is 64.1 Å². The average molecular weight is 354 g/mol. The molecule has 1 amide bonds. The smallest absolute Gasteiger partial charge is 0.231 e. The molecule has 0 saturated heterocycles. The van der Waals surface area contributed by atoms with Crippen LogP contribution in [-0.2, 0) is 9.59 Å². The van der Waals surface area contributed by atoms with E-state index in [0.717, 1.165) is 5.56 Å². The molecule has 1 atom stereocenters. The van der Waals surface area contributed by atoms with Crippen molar-refractivity contribution in [1.82, 2.24) is 5.32 Å². The summed E-state index contributed by atoms with van der Waals surface area (Å²) < 4.78 is 0. The van der Waals surface area contributed by atoms with Gasteiger partial charge in [-0.2, -0.15) is 0 Å². The summed E-state index contributed by atoms with van der Waals surface area (Å²) in [6.07, 6.45) is 0.709. The Hall–Kier alpha value is -1.49. The molecule has 0 aliphatic carbocycles. The molecule has 1 unspecified atom stereocenters. The first-order chi connectivity index (χ1) is 10.6. The Kier molecular flexibility index (Phi) is 6.31. The van der Waals surface area contributed by atoms with Crippen LogP contribution >= 0.6 is 35.0 Å². The molecule has 2 rings (SSSR count). The van der Waals surface area contributed by atoms with E-state index in [-0.39, 0.29) is 11.7 Å². The minimum Gasteiger partial charge on any atom is -0.342 e. The molecule has 114 valence electrons. The molecule has 22 heavy (non-hydrogen) atoms. The molecular formula is C16H13Cl2NO2S. The van der Waals surface area contributed by atoms with E-state index in [1.54, 1.807) is 30.3 Å². The van der Waals surface area contributed by atoms with Crippen molar-refractivity contribution >= 4 is 47.2 Å². The van der Waals surface area contributed by atoms with Crippen LogP contribution in [0.2, 0.25) is 10.0 Å². The molecule has 1 N–H and O–H groups in total. The third-order valence-corrected chi connectivity index (χ3v) is 4.87. The van der Waals surface area contributed by atoms with E-state index in [1.165, 1.54) is 11.8 Å². The third-order valence-electron chi connectivity index (χ3n) is 2.88. The van der Waals surface area contributed by atoms with Crippen LogP contribution in [-0.4, -0.2) is 17.9 Å². The van der Waals surface area contributed by atoms with Gasteiger partial charge in [0.1, 0.15) is 12.3 Å². The zero-order valence-electron chi connectivity index (χ0n) is 11.5. The minimum atomic E-state index is -0.656. The molecule has 0 heterocycles. The molecule has 0 bridgehead atoms. The third kappa shape index (κ3) is 4.50. The quantitative estimate of drug-likeness (QED) is 0.626. The zero-order valence-corrected chi connectivity index (χ0v) is 13.8. The van der Waals surface area contributed by atoms with Crippen LogP contribution in [0.4, 0.5) is 0 Å². The fourth-order valence-corrected chi connectivity index (χ4v) is 3.32. The second kappa shape index (κ2) is 8.22. The van der Waals surface area contributed by atoms with Crippen LogP contribution in [0, 0.1) is 0 Å². The molecular weight excluding hydrogens is 341 g/mol. The summed E-state index contributed by atoms with van der Waals surface area (Å²) in [5.41, 5.74) is 0.742. The summed E-state index contributed by atoms with van der Waals surface area (Å²) in [6.45, 7) is 0. The predicted molar refractivity (Wildman–Crippen MR) is 90.6 cm³/mol. The molecule has 2 aromatic carbocycles. The largest absolute Gasteiger partial charge is 0.342 e. The summed E-state index contributed by atoms with van der Waals surface area (Å²) in [4.78, 5) is 23.8. The van der Waals surface area contributed by atoms with Crippen molar-refractivity contribution in [2.45, 2.75) is 10.9 Å². The lowest BCUT2D eigenvalue weighted by molar-refractivity contribution is -0.121. The Balaban J connectivity index is 1.97. The monoisotopic (exact) mass is 353 g/mol. The Labute approximate surface area is 143 Å². The first-order valence-corrected chi connectivity index (χ1v) is 8.22. The number of nitrogens with one attached hydrogen (secondary N) is 1. The number of aldehydes is 1. The van der Waals surface area contributed by atoms with Gasteiger partial charge in [-0.05, 0) is 17.7 Å². The number of hydrogen-bond donors (Lipinski definition) is 1. The predicted octanol–water partition coefficient (Wildman–Crippen LogP) is 4.14. The topological polar surface area (TPSA) is 46.2 Å². The van der Waals surface area contributed by atoms with Crippen molar-refractivity contribution in [3.8, 4) is 0 Å². The highest BCUT2D eigenvalue weighted by atomic mass is 35.5. The van der Waals surface area contributed by atoms with Gasteiger partial charge in [-0.1, -0.05) is 59.6 Å². The van der Waals surface area contributed by atoms with Crippen LogP contribution < -0.4 is 5.32 Å². The molecule has 2 aromatic rings. The number of thioether (sulfide) groups is 1. The van der Waals surface area contributed by atoms with Crippen LogP contribution in [0.15, 0.2) is 53.4 Å². The molecule has 0 radical (unpaired) electrons. The highest BCUT2D eigenvalue weighted by Gasteiger charge is 2.14. The molecule has 0 fully saturated rings. The number of hydrogen-bond acceptors (Lipinski definition) is 3. The van der Waals surface area contributed by atoms with Gasteiger partial charge in [-0.3, -0.25) is 4.79 Å². The molecule has 6 heteroatoms. The number of rotatable bonds is 6. The van der Waals surface area contributed by atoms with Crippen LogP contribution in [0.25, 0.3) is 0 Å². The zero-order chi connectivity index (χ0) is 15.9. The lowest BCUT2D eigenvalue weighted by atomic mass is 10.1. The molecule has 0 aromatic heterocycles.